The molecule has 3 aromatic heterocycles. The van der Waals surface area contributed by atoms with Gasteiger partial charge in [0, 0.05) is 31.0 Å². The van der Waals surface area contributed by atoms with Crippen LogP contribution in [0.25, 0.3) is 11.0 Å². The Morgan fingerprint density at radius 3 is 2.96 bits per heavy atom. The van der Waals surface area contributed by atoms with Crippen LogP contribution in [0.2, 0.25) is 0 Å². The first-order valence-electron chi connectivity index (χ1n) is 9.43. The molecule has 28 heavy (non-hydrogen) atoms. The van der Waals surface area contributed by atoms with Crippen molar-refractivity contribution in [3.63, 3.8) is 0 Å². The Bertz CT molecular complexity index is 1060. The van der Waals surface area contributed by atoms with Crippen LogP contribution in [-0.2, 0) is 23.0 Å². The molecule has 148 valence electrons. The number of amides is 1. The number of morpholine rings is 1. The largest absolute Gasteiger partial charge is 0.467 e. The van der Waals surface area contributed by atoms with Gasteiger partial charge < -0.3 is 19.0 Å². The van der Waals surface area contributed by atoms with Crippen LogP contribution in [0.4, 0.5) is 0 Å². The molecule has 1 aliphatic rings. The van der Waals surface area contributed by atoms with E-state index in [2.05, 4.69) is 10.1 Å². The molecule has 1 amide bonds. The molecular formula is C20H24N4O4. The van der Waals surface area contributed by atoms with Crippen molar-refractivity contribution >= 4 is 16.9 Å². The van der Waals surface area contributed by atoms with Gasteiger partial charge in [0.1, 0.15) is 17.5 Å². The number of hydrogen-bond acceptors (Lipinski definition) is 5. The van der Waals surface area contributed by atoms with Crippen molar-refractivity contribution in [1.82, 2.24) is 19.7 Å². The number of hydrogen-bond donors (Lipinski definition) is 1. The molecule has 1 atom stereocenters. The number of rotatable bonds is 4. The van der Waals surface area contributed by atoms with Gasteiger partial charge in [-0.25, -0.2) is 0 Å². The molecule has 0 bridgehead atoms. The summed E-state index contributed by atoms with van der Waals surface area (Å²) in [4.78, 5) is 30.0. The molecule has 1 unspecified atom stereocenters. The lowest BCUT2D eigenvalue weighted by Crippen LogP contribution is -2.42. The first-order valence-corrected chi connectivity index (χ1v) is 9.43. The van der Waals surface area contributed by atoms with Gasteiger partial charge in [-0.15, -0.1) is 0 Å². The van der Waals surface area contributed by atoms with E-state index < -0.39 is 0 Å². The summed E-state index contributed by atoms with van der Waals surface area (Å²) in [7, 11) is 1.81. The van der Waals surface area contributed by atoms with Crippen LogP contribution in [0.1, 0.15) is 35.1 Å². The number of H-pyrrole nitrogens is 1. The molecule has 8 nitrogen and oxygen atoms in total. The minimum absolute atomic E-state index is 0.0154. The molecule has 0 aromatic carbocycles. The highest BCUT2D eigenvalue weighted by Gasteiger charge is 2.27. The highest BCUT2D eigenvalue weighted by molar-refractivity contribution is 5.83. The third-order valence-electron chi connectivity index (χ3n) is 5.42. The standard InChI is InChI=1S/C20H24N4O4/c1-12-14(20(26)21-19-18(12)13(2)22-23(19)3)6-7-17(25)24-8-10-28-16(11-24)15-5-4-9-27-15/h4-5,9,16H,6-8,10-11H2,1-3H3,(H,21,26). The van der Waals surface area contributed by atoms with E-state index in [0.717, 1.165) is 22.4 Å². The summed E-state index contributed by atoms with van der Waals surface area (Å²) < 4.78 is 12.8. The lowest BCUT2D eigenvalue weighted by Gasteiger charge is -2.32. The van der Waals surface area contributed by atoms with Crippen LogP contribution in [-0.4, -0.2) is 45.3 Å². The second kappa shape index (κ2) is 7.27. The van der Waals surface area contributed by atoms with Crippen molar-refractivity contribution in [3.05, 3.63) is 51.3 Å². The first kappa shape index (κ1) is 18.5. The average molecular weight is 384 g/mol. The Balaban J connectivity index is 1.49. The molecule has 0 spiro atoms. The number of carbonyl (C=O) groups excluding carboxylic acids is 1. The van der Waals surface area contributed by atoms with E-state index >= 15 is 0 Å². The maximum Gasteiger partial charge on any atom is 0.253 e. The summed E-state index contributed by atoms with van der Waals surface area (Å²) in [5.41, 5.74) is 2.97. The van der Waals surface area contributed by atoms with Crippen LogP contribution in [0.3, 0.4) is 0 Å². The summed E-state index contributed by atoms with van der Waals surface area (Å²) in [6, 6.07) is 3.66. The fourth-order valence-corrected chi connectivity index (χ4v) is 3.97. The van der Waals surface area contributed by atoms with Gasteiger partial charge in [0.15, 0.2) is 0 Å². The molecule has 1 saturated heterocycles. The van der Waals surface area contributed by atoms with Crippen molar-refractivity contribution in [2.75, 3.05) is 19.7 Å². The van der Waals surface area contributed by atoms with E-state index in [1.807, 2.05) is 33.0 Å². The van der Waals surface area contributed by atoms with Crippen molar-refractivity contribution in [2.24, 2.45) is 7.05 Å². The lowest BCUT2D eigenvalue weighted by molar-refractivity contribution is -0.139. The van der Waals surface area contributed by atoms with E-state index in [9.17, 15) is 9.59 Å². The third-order valence-corrected chi connectivity index (χ3v) is 5.42. The quantitative estimate of drug-likeness (QED) is 0.743. The normalized spacial score (nSPS) is 17.4. The molecule has 4 heterocycles. The molecule has 1 aliphatic heterocycles. The highest BCUT2D eigenvalue weighted by Crippen LogP contribution is 2.24. The van der Waals surface area contributed by atoms with Gasteiger partial charge in [-0.1, -0.05) is 0 Å². The number of aryl methyl sites for hydroxylation is 3. The summed E-state index contributed by atoms with van der Waals surface area (Å²) in [5.74, 6) is 0.740. The summed E-state index contributed by atoms with van der Waals surface area (Å²) >= 11 is 0. The predicted molar refractivity (Wildman–Crippen MR) is 103 cm³/mol. The summed E-state index contributed by atoms with van der Waals surface area (Å²) in [6.45, 7) is 5.32. The second-order valence-electron chi connectivity index (χ2n) is 7.20. The topological polar surface area (TPSA) is 93.4 Å². The molecule has 0 saturated carbocycles. The molecule has 4 rings (SSSR count). The minimum Gasteiger partial charge on any atom is -0.467 e. The van der Waals surface area contributed by atoms with E-state index in [4.69, 9.17) is 9.15 Å². The van der Waals surface area contributed by atoms with E-state index in [1.165, 1.54) is 0 Å². The zero-order chi connectivity index (χ0) is 19.8. The molecule has 0 aliphatic carbocycles. The van der Waals surface area contributed by atoms with Crippen molar-refractivity contribution in [2.45, 2.75) is 32.8 Å². The Hall–Kier alpha value is -2.87. The molecular weight excluding hydrogens is 360 g/mol. The van der Waals surface area contributed by atoms with Crippen LogP contribution in [0.5, 0.6) is 0 Å². The number of fused-ring (bicyclic) bond motifs is 1. The first-order chi connectivity index (χ1) is 13.5. The highest BCUT2D eigenvalue weighted by atomic mass is 16.5. The van der Waals surface area contributed by atoms with Crippen LogP contribution in [0, 0.1) is 13.8 Å². The maximum absolute atomic E-state index is 12.8. The average Bonchev–Trinajstić information content (AvgIpc) is 3.30. The fourth-order valence-electron chi connectivity index (χ4n) is 3.97. The number of carbonyl (C=O) groups is 1. The number of ether oxygens (including phenoxy) is 1. The Morgan fingerprint density at radius 1 is 1.39 bits per heavy atom. The predicted octanol–water partition coefficient (Wildman–Crippen LogP) is 2.00. The zero-order valence-electron chi connectivity index (χ0n) is 16.3. The van der Waals surface area contributed by atoms with Gasteiger partial charge in [-0.2, -0.15) is 5.10 Å². The fraction of sp³-hybridized carbons (Fsp3) is 0.450. The molecule has 0 radical (unpaired) electrons. The summed E-state index contributed by atoms with van der Waals surface area (Å²) in [6.07, 6.45) is 2.03. The second-order valence-corrected chi connectivity index (χ2v) is 7.20. The van der Waals surface area contributed by atoms with E-state index in [1.54, 1.807) is 15.8 Å². The van der Waals surface area contributed by atoms with Crippen LogP contribution < -0.4 is 5.56 Å². The van der Waals surface area contributed by atoms with Crippen LogP contribution in [0.15, 0.2) is 27.6 Å². The maximum atomic E-state index is 12.8. The van der Waals surface area contributed by atoms with E-state index in [-0.39, 0.29) is 24.0 Å². The van der Waals surface area contributed by atoms with Gasteiger partial charge in [-0.05, 0) is 38.0 Å². The Kier molecular flexibility index (Phi) is 4.80. The monoisotopic (exact) mass is 384 g/mol. The zero-order valence-corrected chi connectivity index (χ0v) is 16.3. The smallest absolute Gasteiger partial charge is 0.253 e. The molecule has 8 heteroatoms. The van der Waals surface area contributed by atoms with Crippen molar-refractivity contribution < 1.29 is 13.9 Å². The number of nitrogens with zero attached hydrogens (tertiary/aromatic N) is 3. The number of furan rings is 1. The molecule has 1 fully saturated rings. The SMILES string of the molecule is Cc1nn(C)c2[nH]c(=O)c(CCC(=O)N3CCOC(c4ccco4)C3)c(C)c12. The van der Waals surface area contributed by atoms with Crippen LogP contribution >= 0.6 is 0 Å². The van der Waals surface area contributed by atoms with Gasteiger partial charge in [0.05, 0.1) is 25.1 Å². The number of nitrogens with one attached hydrogen (secondary N) is 1. The Labute approximate surface area is 162 Å². The number of aromatic amines is 1. The molecule has 3 aromatic rings. The third kappa shape index (κ3) is 3.24. The van der Waals surface area contributed by atoms with Crippen molar-refractivity contribution in [1.29, 1.82) is 0 Å². The minimum atomic E-state index is -0.243. The van der Waals surface area contributed by atoms with Gasteiger partial charge >= 0.3 is 0 Å². The number of aromatic nitrogens is 3. The molecule has 1 N–H and O–H groups in total. The number of pyridine rings is 1. The van der Waals surface area contributed by atoms with Gasteiger partial charge in [-0.3, -0.25) is 14.3 Å². The van der Waals surface area contributed by atoms with Gasteiger partial charge in [0.25, 0.3) is 5.56 Å². The van der Waals surface area contributed by atoms with Gasteiger partial charge in [0.2, 0.25) is 5.91 Å². The Morgan fingerprint density at radius 2 is 2.21 bits per heavy atom. The lowest BCUT2D eigenvalue weighted by atomic mass is 10.0. The van der Waals surface area contributed by atoms with E-state index in [0.29, 0.717) is 37.3 Å². The summed E-state index contributed by atoms with van der Waals surface area (Å²) in [5, 5.41) is 5.34. The van der Waals surface area contributed by atoms with Crippen molar-refractivity contribution in [3.8, 4) is 0 Å².